The Bertz CT molecular complexity index is 564. The highest BCUT2D eigenvalue weighted by molar-refractivity contribution is 5.83. The van der Waals surface area contributed by atoms with Gasteiger partial charge in [-0.15, -0.1) is 6.58 Å². The Labute approximate surface area is 92.4 Å². The van der Waals surface area contributed by atoms with E-state index in [1.54, 1.807) is 12.1 Å². The van der Waals surface area contributed by atoms with Gasteiger partial charge < -0.3 is 10.1 Å². The molecule has 4 heteroatoms. The van der Waals surface area contributed by atoms with Gasteiger partial charge in [0.05, 0.1) is 0 Å². The minimum atomic E-state index is -0.473. The van der Waals surface area contributed by atoms with E-state index in [2.05, 4.69) is 11.6 Å². The molecule has 0 aliphatic heterocycles. The standard InChI is InChI=1S/C12H10N2O2/c1-2-5-9-8-12(14(15)16)13-11-7-4-3-6-10(9)11/h2-4,6-8H,1,5H2. The van der Waals surface area contributed by atoms with Crippen LogP contribution in [0.1, 0.15) is 5.56 Å². The number of para-hydroxylation sites is 1. The molecule has 0 radical (unpaired) electrons. The van der Waals surface area contributed by atoms with Crippen molar-refractivity contribution in [2.24, 2.45) is 0 Å². The monoisotopic (exact) mass is 214 g/mol. The molecule has 2 aromatic rings. The van der Waals surface area contributed by atoms with E-state index in [9.17, 15) is 10.1 Å². The van der Waals surface area contributed by atoms with Crippen LogP contribution in [0, 0.1) is 10.1 Å². The van der Waals surface area contributed by atoms with Gasteiger partial charge in [-0.25, -0.2) is 0 Å². The summed E-state index contributed by atoms with van der Waals surface area (Å²) in [6.07, 6.45) is 2.33. The van der Waals surface area contributed by atoms with Gasteiger partial charge in [-0.1, -0.05) is 24.3 Å². The summed E-state index contributed by atoms with van der Waals surface area (Å²) in [6.45, 7) is 3.65. The average Bonchev–Trinajstić information content (AvgIpc) is 2.29. The lowest BCUT2D eigenvalue weighted by Gasteiger charge is -2.01. The summed E-state index contributed by atoms with van der Waals surface area (Å²) < 4.78 is 0. The molecular weight excluding hydrogens is 204 g/mol. The van der Waals surface area contributed by atoms with Gasteiger partial charge in [-0.05, 0) is 28.0 Å². The molecule has 2 rings (SSSR count). The van der Waals surface area contributed by atoms with Crippen LogP contribution >= 0.6 is 0 Å². The minimum Gasteiger partial charge on any atom is -0.358 e. The van der Waals surface area contributed by atoms with Crippen LogP contribution in [0.5, 0.6) is 0 Å². The van der Waals surface area contributed by atoms with Crippen LogP contribution in [0.15, 0.2) is 43.0 Å². The summed E-state index contributed by atoms with van der Waals surface area (Å²) in [5, 5.41) is 11.7. The lowest BCUT2D eigenvalue weighted by molar-refractivity contribution is -0.389. The SMILES string of the molecule is C=CCc1cc([N+](=O)[O-])nc2ccccc12. The number of allylic oxidation sites excluding steroid dienone is 1. The minimum absolute atomic E-state index is 0.115. The number of hydrogen-bond acceptors (Lipinski definition) is 3. The number of nitro groups is 1. The van der Waals surface area contributed by atoms with Crippen molar-refractivity contribution in [2.75, 3.05) is 0 Å². The lowest BCUT2D eigenvalue weighted by Crippen LogP contribution is -1.95. The molecule has 0 bridgehead atoms. The predicted octanol–water partition coefficient (Wildman–Crippen LogP) is 2.87. The first-order chi connectivity index (χ1) is 7.72. The summed E-state index contributed by atoms with van der Waals surface area (Å²) in [5.74, 6) is -0.115. The highest BCUT2D eigenvalue weighted by Crippen LogP contribution is 2.22. The number of hydrogen-bond donors (Lipinski definition) is 0. The van der Waals surface area contributed by atoms with Gasteiger partial charge in [-0.3, -0.25) is 0 Å². The van der Waals surface area contributed by atoms with Crippen molar-refractivity contribution in [3.63, 3.8) is 0 Å². The fourth-order valence-electron chi connectivity index (χ4n) is 1.65. The van der Waals surface area contributed by atoms with Crippen LogP contribution in [0.4, 0.5) is 5.82 Å². The lowest BCUT2D eigenvalue weighted by atomic mass is 10.1. The van der Waals surface area contributed by atoms with Gasteiger partial charge in [0.2, 0.25) is 0 Å². The Kier molecular flexibility index (Phi) is 2.64. The van der Waals surface area contributed by atoms with E-state index in [0.29, 0.717) is 11.9 Å². The Hall–Kier alpha value is -2.23. The molecule has 4 nitrogen and oxygen atoms in total. The topological polar surface area (TPSA) is 56.0 Å². The Morgan fingerprint density at radius 2 is 2.19 bits per heavy atom. The first kappa shape index (κ1) is 10.3. The van der Waals surface area contributed by atoms with Crippen molar-refractivity contribution in [3.8, 4) is 0 Å². The number of pyridine rings is 1. The maximum atomic E-state index is 10.7. The van der Waals surface area contributed by atoms with Gasteiger partial charge in [-0.2, -0.15) is 0 Å². The molecule has 0 unspecified atom stereocenters. The van der Waals surface area contributed by atoms with Crippen molar-refractivity contribution in [1.29, 1.82) is 0 Å². The van der Waals surface area contributed by atoms with Crippen LogP contribution in [0.25, 0.3) is 10.9 Å². The van der Waals surface area contributed by atoms with E-state index in [1.165, 1.54) is 6.07 Å². The third-order valence-corrected chi connectivity index (χ3v) is 2.34. The van der Waals surface area contributed by atoms with Crippen LogP contribution in [0.3, 0.4) is 0 Å². The predicted molar refractivity (Wildman–Crippen MR) is 62.3 cm³/mol. The first-order valence-corrected chi connectivity index (χ1v) is 4.86. The summed E-state index contributed by atoms with van der Waals surface area (Å²) in [5.41, 5.74) is 1.53. The molecule has 1 aromatic heterocycles. The second-order valence-electron chi connectivity index (χ2n) is 3.41. The normalized spacial score (nSPS) is 10.2. The Morgan fingerprint density at radius 1 is 1.44 bits per heavy atom. The van der Waals surface area contributed by atoms with Crippen LogP contribution in [-0.4, -0.2) is 9.91 Å². The van der Waals surface area contributed by atoms with Gasteiger partial charge in [0, 0.05) is 11.5 Å². The third-order valence-electron chi connectivity index (χ3n) is 2.34. The van der Waals surface area contributed by atoms with Crippen LogP contribution < -0.4 is 0 Å². The quantitative estimate of drug-likeness (QED) is 0.448. The second-order valence-corrected chi connectivity index (χ2v) is 3.41. The molecule has 16 heavy (non-hydrogen) atoms. The van der Waals surface area contributed by atoms with E-state index in [0.717, 1.165) is 10.9 Å². The van der Waals surface area contributed by atoms with E-state index >= 15 is 0 Å². The van der Waals surface area contributed by atoms with Crippen molar-refractivity contribution >= 4 is 16.7 Å². The molecule has 0 fully saturated rings. The van der Waals surface area contributed by atoms with Gasteiger partial charge in [0.25, 0.3) is 0 Å². The van der Waals surface area contributed by atoms with E-state index in [-0.39, 0.29) is 5.82 Å². The number of rotatable bonds is 3. The number of nitrogens with zero attached hydrogens (tertiary/aromatic N) is 2. The van der Waals surface area contributed by atoms with Gasteiger partial charge >= 0.3 is 5.82 Å². The third kappa shape index (κ3) is 1.77. The largest absolute Gasteiger partial charge is 0.364 e. The Morgan fingerprint density at radius 3 is 2.88 bits per heavy atom. The summed E-state index contributed by atoms with van der Waals surface area (Å²) in [4.78, 5) is 14.2. The number of fused-ring (bicyclic) bond motifs is 1. The maximum absolute atomic E-state index is 10.7. The molecule has 80 valence electrons. The summed E-state index contributed by atoms with van der Waals surface area (Å²) in [6, 6.07) is 8.89. The van der Waals surface area contributed by atoms with Gasteiger partial charge in [0.1, 0.15) is 0 Å². The maximum Gasteiger partial charge on any atom is 0.364 e. The van der Waals surface area contributed by atoms with Crippen molar-refractivity contribution in [1.82, 2.24) is 4.98 Å². The molecule has 0 saturated heterocycles. The van der Waals surface area contributed by atoms with Crippen LogP contribution in [0.2, 0.25) is 0 Å². The molecule has 1 heterocycles. The zero-order chi connectivity index (χ0) is 11.5. The van der Waals surface area contributed by atoms with Gasteiger partial charge in [0.15, 0.2) is 5.52 Å². The molecule has 0 N–H and O–H groups in total. The molecule has 0 aliphatic carbocycles. The second kappa shape index (κ2) is 4.10. The first-order valence-electron chi connectivity index (χ1n) is 4.86. The van der Waals surface area contributed by atoms with Crippen molar-refractivity contribution < 1.29 is 4.92 Å². The Balaban J connectivity index is 2.72. The van der Waals surface area contributed by atoms with Crippen molar-refractivity contribution in [2.45, 2.75) is 6.42 Å². The van der Waals surface area contributed by atoms with Crippen LogP contribution in [-0.2, 0) is 6.42 Å². The molecule has 0 atom stereocenters. The zero-order valence-corrected chi connectivity index (χ0v) is 8.59. The number of benzene rings is 1. The van der Waals surface area contributed by atoms with E-state index < -0.39 is 4.92 Å². The molecule has 1 aromatic carbocycles. The average molecular weight is 214 g/mol. The molecule has 0 amide bonds. The summed E-state index contributed by atoms with van der Waals surface area (Å²) >= 11 is 0. The summed E-state index contributed by atoms with van der Waals surface area (Å²) in [7, 11) is 0. The molecule has 0 aliphatic rings. The van der Waals surface area contributed by atoms with E-state index in [4.69, 9.17) is 0 Å². The number of aromatic nitrogens is 1. The zero-order valence-electron chi connectivity index (χ0n) is 8.59. The smallest absolute Gasteiger partial charge is 0.358 e. The van der Waals surface area contributed by atoms with E-state index in [1.807, 2.05) is 18.2 Å². The fraction of sp³-hybridized carbons (Fsp3) is 0.0833. The molecule has 0 spiro atoms. The highest BCUT2D eigenvalue weighted by Gasteiger charge is 2.13. The molecule has 0 saturated carbocycles. The van der Waals surface area contributed by atoms with Crippen molar-refractivity contribution in [3.05, 3.63) is 58.7 Å². The fourth-order valence-corrected chi connectivity index (χ4v) is 1.65. The highest BCUT2D eigenvalue weighted by atomic mass is 16.6. The molecular formula is C12H10N2O2.